The molecule has 0 bridgehead atoms. The van der Waals surface area contributed by atoms with Crippen molar-refractivity contribution in [1.82, 2.24) is 9.97 Å². The third kappa shape index (κ3) is 4.11. The number of para-hydroxylation sites is 1. The van der Waals surface area contributed by atoms with Gasteiger partial charge in [-0.05, 0) is 49.4 Å². The zero-order chi connectivity index (χ0) is 18.6. The lowest BCUT2D eigenvalue weighted by Gasteiger charge is -2.21. The van der Waals surface area contributed by atoms with Gasteiger partial charge in [0.15, 0.2) is 0 Å². The summed E-state index contributed by atoms with van der Waals surface area (Å²) < 4.78 is 37.9. The molecule has 0 spiro atoms. The molecule has 0 unspecified atom stereocenters. The quantitative estimate of drug-likeness (QED) is 0.663. The van der Waals surface area contributed by atoms with Crippen LogP contribution in [0.5, 0.6) is 0 Å². The monoisotopic (exact) mass is 358 g/mol. The molecule has 0 radical (unpaired) electrons. The molecule has 3 rings (SSSR count). The van der Waals surface area contributed by atoms with Crippen molar-refractivity contribution in [2.24, 2.45) is 0 Å². The van der Waals surface area contributed by atoms with E-state index in [-0.39, 0.29) is 0 Å². The summed E-state index contributed by atoms with van der Waals surface area (Å²) >= 11 is 0. The molecule has 0 fully saturated rings. The van der Waals surface area contributed by atoms with Gasteiger partial charge in [-0.25, -0.2) is 4.98 Å². The van der Waals surface area contributed by atoms with E-state index < -0.39 is 11.7 Å². The van der Waals surface area contributed by atoms with Crippen LogP contribution in [-0.2, 0) is 6.18 Å². The fourth-order valence-corrected chi connectivity index (χ4v) is 2.49. The Bertz CT molecular complexity index is 849. The van der Waals surface area contributed by atoms with Crippen molar-refractivity contribution in [3.8, 4) is 0 Å². The maximum atomic E-state index is 12.6. The van der Waals surface area contributed by atoms with E-state index in [1.165, 1.54) is 12.1 Å². The van der Waals surface area contributed by atoms with Crippen molar-refractivity contribution < 1.29 is 13.2 Å². The molecule has 1 N–H and O–H groups in total. The van der Waals surface area contributed by atoms with E-state index in [2.05, 4.69) is 15.3 Å². The summed E-state index contributed by atoms with van der Waals surface area (Å²) in [6.45, 7) is 2.67. The first-order chi connectivity index (χ1) is 12.5. The Morgan fingerprint density at radius 2 is 1.65 bits per heavy atom. The van der Waals surface area contributed by atoms with Crippen LogP contribution in [0.2, 0.25) is 0 Å². The molecule has 4 nitrogen and oxygen atoms in total. The van der Waals surface area contributed by atoms with Crippen LogP contribution in [0.3, 0.4) is 0 Å². The Morgan fingerprint density at radius 3 is 2.27 bits per heavy atom. The Hall–Kier alpha value is -3.09. The SMILES string of the molecule is CCN(c1ccccc1)c1nccc(Nc2ccc(C(F)(F)F)cc2)n1. The predicted octanol–water partition coefficient (Wildman–Crippen LogP) is 5.40. The number of hydrogen-bond acceptors (Lipinski definition) is 4. The van der Waals surface area contributed by atoms with E-state index >= 15 is 0 Å². The smallest absolute Gasteiger partial charge is 0.340 e. The summed E-state index contributed by atoms with van der Waals surface area (Å²) in [4.78, 5) is 10.7. The van der Waals surface area contributed by atoms with Crippen LogP contribution < -0.4 is 10.2 Å². The van der Waals surface area contributed by atoms with Gasteiger partial charge < -0.3 is 10.2 Å². The van der Waals surface area contributed by atoms with Crippen LogP contribution in [0.4, 0.5) is 36.3 Å². The number of benzene rings is 2. The molecule has 0 aliphatic rings. The van der Waals surface area contributed by atoms with Crippen LogP contribution in [0.25, 0.3) is 0 Å². The molecule has 0 aliphatic heterocycles. The van der Waals surface area contributed by atoms with E-state index in [0.717, 1.165) is 17.8 Å². The summed E-state index contributed by atoms with van der Waals surface area (Å²) in [7, 11) is 0. The first-order valence-electron chi connectivity index (χ1n) is 8.07. The van der Waals surface area contributed by atoms with E-state index in [0.29, 0.717) is 24.0 Å². The third-order valence-electron chi connectivity index (χ3n) is 3.75. The molecular formula is C19H17F3N4. The van der Waals surface area contributed by atoms with Crippen molar-refractivity contribution >= 4 is 23.1 Å². The van der Waals surface area contributed by atoms with Gasteiger partial charge in [-0.1, -0.05) is 18.2 Å². The molecule has 2 aromatic carbocycles. The zero-order valence-corrected chi connectivity index (χ0v) is 14.0. The number of halogens is 3. The minimum atomic E-state index is -4.35. The van der Waals surface area contributed by atoms with Crippen molar-refractivity contribution in [2.45, 2.75) is 13.1 Å². The first kappa shape index (κ1) is 17.7. The highest BCUT2D eigenvalue weighted by Crippen LogP contribution is 2.30. The Balaban J connectivity index is 1.81. The largest absolute Gasteiger partial charge is 0.416 e. The zero-order valence-electron chi connectivity index (χ0n) is 14.0. The van der Waals surface area contributed by atoms with Gasteiger partial charge >= 0.3 is 6.18 Å². The second-order valence-electron chi connectivity index (χ2n) is 5.52. The van der Waals surface area contributed by atoms with Crippen molar-refractivity contribution in [3.63, 3.8) is 0 Å². The Morgan fingerprint density at radius 1 is 0.962 bits per heavy atom. The third-order valence-corrected chi connectivity index (χ3v) is 3.75. The second-order valence-corrected chi connectivity index (χ2v) is 5.52. The van der Waals surface area contributed by atoms with Gasteiger partial charge in [0.05, 0.1) is 5.56 Å². The number of anilines is 4. The van der Waals surface area contributed by atoms with Crippen LogP contribution >= 0.6 is 0 Å². The summed E-state index contributed by atoms with van der Waals surface area (Å²) in [5.41, 5.74) is 0.791. The number of aromatic nitrogens is 2. The topological polar surface area (TPSA) is 41.1 Å². The first-order valence-corrected chi connectivity index (χ1v) is 8.07. The maximum Gasteiger partial charge on any atom is 0.416 e. The Labute approximate surface area is 149 Å². The van der Waals surface area contributed by atoms with Gasteiger partial charge in [0, 0.05) is 24.1 Å². The molecule has 7 heteroatoms. The molecule has 3 aromatic rings. The normalized spacial score (nSPS) is 11.2. The average molecular weight is 358 g/mol. The highest BCUT2D eigenvalue weighted by molar-refractivity contribution is 5.61. The molecule has 0 amide bonds. The van der Waals surface area contributed by atoms with E-state index in [9.17, 15) is 13.2 Å². The van der Waals surface area contributed by atoms with E-state index in [1.54, 1.807) is 12.3 Å². The van der Waals surface area contributed by atoms with Crippen LogP contribution in [0.15, 0.2) is 66.9 Å². The Kier molecular flexibility index (Phi) is 5.06. The molecule has 0 saturated carbocycles. The van der Waals surface area contributed by atoms with Gasteiger partial charge in [-0.2, -0.15) is 18.2 Å². The number of rotatable bonds is 5. The van der Waals surface area contributed by atoms with Crippen LogP contribution in [0.1, 0.15) is 12.5 Å². The fourth-order valence-electron chi connectivity index (χ4n) is 2.49. The molecular weight excluding hydrogens is 341 g/mol. The molecule has 26 heavy (non-hydrogen) atoms. The summed E-state index contributed by atoms with van der Waals surface area (Å²) in [6.07, 6.45) is -2.74. The summed E-state index contributed by atoms with van der Waals surface area (Å²) in [5, 5.41) is 3.01. The highest BCUT2D eigenvalue weighted by Gasteiger charge is 2.29. The van der Waals surface area contributed by atoms with Crippen molar-refractivity contribution in [1.29, 1.82) is 0 Å². The van der Waals surface area contributed by atoms with Gasteiger partial charge in [0.2, 0.25) is 5.95 Å². The molecule has 1 heterocycles. The average Bonchev–Trinajstić information content (AvgIpc) is 2.63. The van der Waals surface area contributed by atoms with E-state index in [4.69, 9.17) is 0 Å². The second kappa shape index (κ2) is 7.43. The summed E-state index contributed by atoms with van der Waals surface area (Å²) in [5.74, 6) is 1.01. The number of alkyl halides is 3. The molecule has 134 valence electrons. The van der Waals surface area contributed by atoms with Gasteiger partial charge in [0.25, 0.3) is 0 Å². The van der Waals surface area contributed by atoms with E-state index in [1.807, 2.05) is 42.2 Å². The lowest BCUT2D eigenvalue weighted by Crippen LogP contribution is -2.19. The molecule has 0 aliphatic carbocycles. The molecule has 0 atom stereocenters. The molecule has 0 saturated heterocycles. The molecule has 1 aromatic heterocycles. The van der Waals surface area contributed by atoms with Crippen LogP contribution in [0, 0.1) is 0 Å². The lowest BCUT2D eigenvalue weighted by molar-refractivity contribution is -0.137. The highest BCUT2D eigenvalue weighted by atomic mass is 19.4. The number of hydrogen-bond donors (Lipinski definition) is 1. The lowest BCUT2D eigenvalue weighted by atomic mass is 10.2. The van der Waals surface area contributed by atoms with Gasteiger partial charge in [0.1, 0.15) is 5.82 Å². The fraction of sp³-hybridized carbons (Fsp3) is 0.158. The minimum absolute atomic E-state index is 0.504. The maximum absolute atomic E-state index is 12.6. The standard InChI is InChI=1S/C19H17F3N4/c1-2-26(16-6-4-3-5-7-16)18-23-13-12-17(25-18)24-15-10-8-14(9-11-15)19(20,21)22/h3-13H,2H2,1H3,(H,23,24,25). The van der Waals surface area contributed by atoms with Crippen molar-refractivity contribution in [3.05, 3.63) is 72.4 Å². The van der Waals surface area contributed by atoms with Gasteiger partial charge in [-0.15, -0.1) is 0 Å². The number of nitrogens with zero attached hydrogens (tertiary/aromatic N) is 3. The summed E-state index contributed by atoms with van der Waals surface area (Å²) in [6, 6.07) is 16.2. The van der Waals surface area contributed by atoms with Crippen LogP contribution in [-0.4, -0.2) is 16.5 Å². The van der Waals surface area contributed by atoms with Crippen molar-refractivity contribution in [2.75, 3.05) is 16.8 Å². The number of nitrogens with one attached hydrogen (secondary N) is 1. The predicted molar refractivity (Wildman–Crippen MR) is 95.9 cm³/mol. The minimum Gasteiger partial charge on any atom is -0.340 e. The van der Waals surface area contributed by atoms with Gasteiger partial charge in [-0.3, -0.25) is 0 Å².